The number of fused-ring (bicyclic) bond motifs is 1. The number of anilines is 1. The lowest BCUT2D eigenvalue weighted by Gasteiger charge is -2.39. The van der Waals surface area contributed by atoms with Crippen molar-refractivity contribution in [3.63, 3.8) is 0 Å². The monoisotopic (exact) mass is 355 g/mol. The maximum absolute atomic E-state index is 6.09. The fraction of sp³-hybridized carbons (Fsp3) is 0.143. The first-order chi connectivity index (χ1) is 13.4. The van der Waals surface area contributed by atoms with Crippen LogP contribution in [0.25, 0.3) is 22.3 Å². The lowest BCUT2D eigenvalue weighted by Crippen LogP contribution is -2.54. The molecule has 5 rings (SSSR count). The van der Waals surface area contributed by atoms with E-state index in [0.29, 0.717) is 11.6 Å². The van der Waals surface area contributed by atoms with Crippen molar-refractivity contribution < 1.29 is 4.74 Å². The molecule has 1 aliphatic heterocycles. The molecule has 4 heterocycles. The van der Waals surface area contributed by atoms with Crippen molar-refractivity contribution in [2.45, 2.75) is 6.10 Å². The quantitative estimate of drug-likeness (QED) is 0.559. The zero-order valence-corrected chi connectivity index (χ0v) is 14.6. The predicted molar refractivity (Wildman–Crippen MR) is 104 cm³/mol. The molecule has 0 spiro atoms. The molecule has 1 aliphatic rings. The topological polar surface area (TPSA) is 64.0 Å². The Kier molecular flexibility index (Phi) is 3.86. The summed E-state index contributed by atoms with van der Waals surface area (Å²) in [5, 5.41) is 1.15. The van der Waals surface area contributed by atoms with E-state index in [1.54, 1.807) is 18.6 Å². The minimum absolute atomic E-state index is 0.0532. The van der Waals surface area contributed by atoms with Gasteiger partial charge in [0.15, 0.2) is 5.69 Å². The van der Waals surface area contributed by atoms with E-state index in [2.05, 4.69) is 38.1 Å². The number of hydrogen-bond donors (Lipinski definition) is 0. The molecule has 0 atom stereocenters. The van der Waals surface area contributed by atoms with Crippen molar-refractivity contribution in [1.82, 2.24) is 19.9 Å². The van der Waals surface area contributed by atoms with Gasteiger partial charge in [0.1, 0.15) is 11.9 Å². The summed E-state index contributed by atoms with van der Waals surface area (Å²) in [6, 6.07) is 18.0. The van der Waals surface area contributed by atoms with Crippen molar-refractivity contribution >= 4 is 16.7 Å². The Balaban J connectivity index is 1.31. The number of para-hydroxylation sites is 1. The summed E-state index contributed by atoms with van der Waals surface area (Å²) in [5.74, 6) is 1.49. The van der Waals surface area contributed by atoms with Gasteiger partial charge in [-0.25, -0.2) is 15.0 Å². The van der Waals surface area contributed by atoms with Crippen LogP contribution in [0.2, 0.25) is 0 Å². The maximum Gasteiger partial charge on any atom is 0.242 e. The van der Waals surface area contributed by atoms with E-state index in [4.69, 9.17) is 9.72 Å². The van der Waals surface area contributed by atoms with E-state index in [9.17, 15) is 0 Å². The van der Waals surface area contributed by atoms with Crippen LogP contribution in [0, 0.1) is 0 Å². The number of benzene rings is 1. The van der Waals surface area contributed by atoms with Crippen LogP contribution in [-0.4, -0.2) is 39.1 Å². The molecule has 0 unspecified atom stereocenters. The second-order valence-corrected chi connectivity index (χ2v) is 6.43. The largest absolute Gasteiger partial charge is 0.469 e. The summed E-state index contributed by atoms with van der Waals surface area (Å²) < 4.78 is 6.09. The minimum atomic E-state index is 0.0532. The normalized spacial score (nSPS) is 14.1. The summed E-state index contributed by atoms with van der Waals surface area (Å²) in [6.45, 7) is 1.53. The molecular weight excluding hydrogens is 338 g/mol. The first-order valence-corrected chi connectivity index (χ1v) is 8.87. The highest BCUT2D eigenvalue weighted by molar-refractivity contribution is 5.80. The van der Waals surface area contributed by atoms with Crippen LogP contribution in [0.4, 0.5) is 5.82 Å². The van der Waals surface area contributed by atoms with Crippen molar-refractivity contribution in [2.24, 2.45) is 0 Å². The molecule has 0 N–H and O–H groups in total. The Hall–Kier alpha value is -3.54. The number of aromatic nitrogens is 4. The Morgan fingerprint density at radius 2 is 1.67 bits per heavy atom. The number of rotatable bonds is 4. The van der Waals surface area contributed by atoms with Gasteiger partial charge in [-0.2, -0.15) is 0 Å². The molecule has 4 aromatic rings. The summed E-state index contributed by atoms with van der Waals surface area (Å²) in [5.41, 5.74) is 2.43. The Bertz CT molecular complexity index is 1080. The van der Waals surface area contributed by atoms with Crippen molar-refractivity contribution in [1.29, 1.82) is 0 Å². The van der Waals surface area contributed by atoms with Gasteiger partial charge in [0.05, 0.1) is 24.3 Å². The lowest BCUT2D eigenvalue weighted by molar-refractivity contribution is 0.160. The molecule has 1 aromatic carbocycles. The summed E-state index contributed by atoms with van der Waals surface area (Å²) in [6.07, 6.45) is 5.09. The molecule has 1 saturated heterocycles. The van der Waals surface area contributed by atoms with Gasteiger partial charge in [0.2, 0.25) is 5.88 Å². The first kappa shape index (κ1) is 15.7. The van der Waals surface area contributed by atoms with Gasteiger partial charge in [-0.15, -0.1) is 0 Å². The molecule has 6 heteroatoms. The molecule has 0 radical (unpaired) electrons. The lowest BCUT2D eigenvalue weighted by atomic mass is 10.1. The van der Waals surface area contributed by atoms with Crippen LogP contribution in [0.15, 0.2) is 73.2 Å². The van der Waals surface area contributed by atoms with Crippen molar-refractivity contribution in [3.05, 3.63) is 73.2 Å². The number of nitrogens with zero attached hydrogens (tertiary/aromatic N) is 5. The van der Waals surface area contributed by atoms with Crippen LogP contribution in [0.5, 0.6) is 5.88 Å². The van der Waals surface area contributed by atoms with Gasteiger partial charge in [-0.1, -0.05) is 24.3 Å². The van der Waals surface area contributed by atoms with Crippen LogP contribution >= 0.6 is 0 Å². The Morgan fingerprint density at radius 3 is 2.56 bits per heavy atom. The molecule has 132 valence electrons. The fourth-order valence-electron chi connectivity index (χ4n) is 3.18. The van der Waals surface area contributed by atoms with Gasteiger partial charge < -0.3 is 9.64 Å². The van der Waals surface area contributed by atoms with Crippen LogP contribution < -0.4 is 9.64 Å². The van der Waals surface area contributed by atoms with E-state index in [1.807, 2.05) is 36.4 Å². The van der Waals surface area contributed by atoms with Crippen molar-refractivity contribution in [3.8, 4) is 17.3 Å². The number of pyridine rings is 2. The van der Waals surface area contributed by atoms with Gasteiger partial charge in [-0.05, 0) is 30.3 Å². The minimum Gasteiger partial charge on any atom is -0.469 e. The van der Waals surface area contributed by atoms with E-state index in [0.717, 1.165) is 35.5 Å². The predicted octanol–water partition coefficient (Wildman–Crippen LogP) is 3.35. The van der Waals surface area contributed by atoms with Crippen LogP contribution in [0.1, 0.15) is 0 Å². The third kappa shape index (κ3) is 3.06. The molecule has 6 nitrogen and oxygen atoms in total. The first-order valence-electron chi connectivity index (χ1n) is 8.87. The van der Waals surface area contributed by atoms with Gasteiger partial charge >= 0.3 is 0 Å². The second kappa shape index (κ2) is 6.64. The second-order valence-electron chi connectivity index (χ2n) is 6.43. The zero-order chi connectivity index (χ0) is 18.1. The summed E-state index contributed by atoms with van der Waals surface area (Å²) >= 11 is 0. The maximum atomic E-state index is 6.09. The van der Waals surface area contributed by atoms with Crippen LogP contribution in [0.3, 0.4) is 0 Å². The molecule has 1 fully saturated rings. The third-order valence-electron chi connectivity index (χ3n) is 4.61. The average Bonchev–Trinajstić information content (AvgIpc) is 2.71. The Labute approximate surface area is 156 Å². The van der Waals surface area contributed by atoms with Gasteiger partial charge in [-0.3, -0.25) is 4.98 Å². The fourth-order valence-corrected chi connectivity index (χ4v) is 3.18. The summed E-state index contributed by atoms with van der Waals surface area (Å²) in [7, 11) is 0. The molecule has 27 heavy (non-hydrogen) atoms. The standard InChI is InChI=1S/C21H17N5O/c1-2-6-17-15(5-1)8-9-19(25-17)26-13-16(14-26)27-21-20(23-11-12-24-21)18-7-3-4-10-22-18/h1-12,16H,13-14H2. The highest BCUT2D eigenvalue weighted by atomic mass is 16.5. The molecule has 0 saturated carbocycles. The average molecular weight is 355 g/mol. The molecular formula is C21H17N5O. The highest BCUT2D eigenvalue weighted by Crippen LogP contribution is 2.28. The van der Waals surface area contributed by atoms with E-state index < -0.39 is 0 Å². The van der Waals surface area contributed by atoms with E-state index >= 15 is 0 Å². The van der Waals surface area contributed by atoms with E-state index in [1.165, 1.54) is 0 Å². The third-order valence-corrected chi connectivity index (χ3v) is 4.61. The number of hydrogen-bond acceptors (Lipinski definition) is 6. The van der Waals surface area contributed by atoms with E-state index in [-0.39, 0.29) is 6.10 Å². The number of ether oxygens (including phenoxy) is 1. The van der Waals surface area contributed by atoms with Crippen LogP contribution in [-0.2, 0) is 0 Å². The highest BCUT2D eigenvalue weighted by Gasteiger charge is 2.31. The van der Waals surface area contributed by atoms with Gasteiger partial charge in [0, 0.05) is 24.0 Å². The summed E-state index contributed by atoms with van der Waals surface area (Å²) in [4.78, 5) is 20.0. The molecule has 0 aliphatic carbocycles. The molecule has 0 amide bonds. The van der Waals surface area contributed by atoms with Crippen molar-refractivity contribution in [2.75, 3.05) is 18.0 Å². The van der Waals surface area contributed by atoms with Gasteiger partial charge in [0.25, 0.3) is 0 Å². The molecule has 0 bridgehead atoms. The SMILES string of the molecule is c1ccc(-c2nccnc2OC2CN(c3ccc4ccccc4n3)C2)nc1. The zero-order valence-electron chi connectivity index (χ0n) is 14.6. The Morgan fingerprint density at radius 1 is 0.815 bits per heavy atom. The molecule has 3 aromatic heterocycles. The smallest absolute Gasteiger partial charge is 0.242 e.